The van der Waals surface area contributed by atoms with Crippen molar-refractivity contribution in [1.82, 2.24) is 10.6 Å². The van der Waals surface area contributed by atoms with E-state index in [1.54, 1.807) is 6.08 Å². The van der Waals surface area contributed by atoms with Gasteiger partial charge in [0.05, 0.1) is 11.9 Å². The van der Waals surface area contributed by atoms with Crippen LogP contribution in [0, 0.1) is 17.2 Å². The lowest BCUT2D eigenvalue weighted by Gasteiger charge is -2.22. The summed E-state index contributed by atoms with van der Waals surface area (Å²) >= 11 is 0. The second kappa shape index (κ2) is 17.5. The Balaban J connectivity index is 2.70. The summed E-state index contributed by atoms with van der Waals surface area (Å²) in [5.41, 5.74) is 6.28. The topological polar surface area (TPSA) is 125 Å². The Morgan fingerprint density at radius 2 is 1.77 bits per heavy atom. The molecule has 0 heterocycles. The van der Waals surface area contributed by atoms with Crippen LogP contribution in [0.4, 0.5) is 0 Å². The summed E-state index contributed by atoms with van der Waals surface area (Å²) in [6, 6.07) is 8.92. The number of carbonyl (C=O) groups is 3. The summed E-state index contributed by atoms with van der Waals surface area (Å²) in [7, 11) is 0. The highest BCUT2D eigenvalue weighted by Crippen LogP contribution is 2.19. The van der Waals surface area contributed by atoms with E-state index in [1.807, 2.05) is 51.1 Å². The molecule has 35 heavy (non-hydrogen) atoms. The Morgan fingerprint density at radius 3 is 2.40 bits per heavy atom. The van der Waals surface area contributed by atoms with Crippen LogP contribution in [0.25, 0.3) is 6.08 Å². The SMILES string of the molecule is CCCCC(NC(=O)/C=C/c1ccccc1)C(=O)CC(CC(C)C)C(=O)NCCCCCC(=N)N. The number of rotatable bonds is 18. The van der Waals surface area contributed by atoms with Crippen molar-refractivity contribution in [3.05, 3.63) is 42.0 Å². The number of carbonyl (C=O) groups excluding carboxylic acids is 3. The molecule has 194 valence electrons. The van der Waals surface area contributed by atoms with E-state index >= 15 is 0 Å². The Kier molecular flexibility index (Phi) is 15.0. The first-order chi connectivity index (χ1) is 16.7. The van der Waals surface area contributed by atoms with E-state index in [9.17, 15) is 14.4 Å². The number of ketones is 1. The van der Waals surface area contributed by atoms with Crippen molar-refractivity contribution in [2.45, 2.75) is 84.6 Å². The first-order valence-corrected chi connectivity index (χ1v) is 12.9. The van der Waals surface area contributed by atoms with E-state index in [-0.39, 0.29) is 35.8 Å². The zero-order chi connectivity index (χ0) is 26.1. The van der Waals surface area contributed by atoms with Gasteiger partial charge in [0.1, 0.15) is 0 Å². The first-order valence-electron chi connectivity index (χ1n) is 12.9. The highest BCUT2D eigenvalue weighted by Gasteiger charge is 2.27. The fraction of sp³-hybridized carbons (Fsp3) is 0.571. The maximum absolute atomic E-state index is 13.2. The molecule has 0 saturated carbocycles. The minimum atomic E-state index is -0.600. The molecule has 5 N–H and O–H groups in total. The largest absolute Gasteiger partial charge is 0.388 e. The van der Waals surface area contributed by atoms with Crippen LogP contribution in [0.2, 0.25) is 0 Å². The van der Waals surface area contributed by atoms with E-state index in [0.717, 1.165) is 37.7 Å². The van der Waals surface area contributed by atoms with Gasteiger partial charge in [-0.1, -0.05) is 70.4 Å². The van der Waals surface area contributed by atoms with Gasteiger partial charge in [0.25, 0.3) is 0 Å². The summed E-state index contributed by atoms with van der Waals surface area (Å²) in [4.78, 5) is 38.6. The number of benzene rings is 1. The molecule has 0 aliphatic carbocycles. The summed E-state index contributed by atoms with van der Waals surface area (Å²) in [5, 5.41) is 13.1. The quantitative estimate of drug-likeness (QED) is 0.105. The van der Waals surface area contributed by atoms with Gasteiger partial charge in [0.2, 0.25) is 11.8 Å². The van der Waals surface area contributed by atoms with Gasteiger partial charge >= 0.3 is 0 Å². The second-order valence-corrected chi connectivity index (χ2v) is 9.57. The zero-order valence-electron chi connectivity index (χ0n) is 21.6. The van der Waals surface area contributed by atoms with E-state index in [2.05, 4.69) is 10.6 Å². The van der Waals surface area contributed by atoms with Crippen LogP contribution in [0.3, 0.4) is 0 Å². The number of unbranched alkanes of at least 4 members (excludes halogenated alkanes) is 3. The van der Waals surface area contributed by atoms with Crippen LogP contribution in [-0.4, -0.2) is 36.0 Å². The minimum absolute atomic E-state index is 0.0952. The molecule has 0 aliphatic rings. The summed E-state index contributed by atoms with van der Waals surface area (Å²) in [6.07, 6.45) is 9.30. The molecule has 1 aromatic carbocycles. The average molecular weight is 485 g/mol. The minimum Gasteiger partial charge on any atom is -0.388 e. The van der Waals surface area contributed by atoms with Gasteiger partial charge in [0, 0.05) is 31.4 Å². The smallest absolute Gasteiger partial charge is 0.244 e. The molecule has 2 unspecified atom stereocenters. The normalized spacial score (nSPS) is 12.9. The van der Waals surface area contributed by atoms with Gasteiger partial charge in [0.15, 0.2) is 5.78 Å². The van der Waals surface area contributed by atoms with Gasteiger partial charge in [-0.25, -0.2) is 0 Å². The van der Waals surface area contributed by atoms with Gasteiger partial charge in [-0.3, -0.25) is 19.8 Å². The van der Waals surface area contributed by atoms with Gasteiger partial charge in [-0.05, 0) is 43.2 Å². The van der Waals surface area contributed by atoms with Crippen molar-refractivity contribution in [3.63, 3.8) is 0 Å². The fourth-order valence-electron chi connectivity index (χ4n) is 3.89. The Labute approximate surface area is 210 Å². The average Bonchev–Trinajstić information content (AvgIpc) is 2.82. The summed E-state index contributed by atoms with van der Waals surface area (Å²) < 4.78 is 0. The monoisotopic (exact) mass is 484 g/mol. The predicted molar refractivity (Wildman–Crippen MR) is 143 cm³/mol. The first kappa shape index (κ1) is 30.1. The lowest BCUT2D eigenvalue weighted by molar-refractivity contribution is -0.131. The van der Waals surface area contributed by atoms with Crippen molar-refractivity contribution >= 4 is 29.5 Å². The molecule has 1 rings (SSSR count). The molecule has 0 spiro atoms. The van der Waals surface area contributed by atoms with Gasteiger partial charge in [-0.15, -0.1) is 0 Å². The number of hydrogen-bond donors (Lipinski definition) is 4. The van der Waals surface area contributed by atoms with Crippen LogP contribution in [0.5, 0.6) is 0 Å². The molecule has 0 saturated heterocycles. The lowest BCUT2D eigenvalue weighted by atomic mass is 9.88. The fourth-order valence-corrected chi connectivity index (χ4v) is 3.89. The number of amidine groups is 1. The standard InChI is InChI=1S/C28H44N4O3/c1-4-5-14-24(32-27(34)17-16-22-12-8-6-9-13-22)25(33)20-23(19-21(2)3)28(35)31-18-11-7-10-15-26(29)30/h6,8-9,12-13,16-17,21,23-24H,4-5,7,10-11,14-15,18-20H2,1-3H3,(H3,29,30)(H,31,35)(H,32,34)/b17-16+. The molecule has 0 radical (unpaired) electrons. The number of nitrogens with two attached hydrogens (primary N) is 1. The van der Waals surface area contributed by atoms with E-state index in [4.69, 9.17) is 11.1 Å². The molecule has 1 aromatic rings. The van der Waals surface area contributed by atoms with Crippen molar-refractivity contribution in [1.29, 1.82) is 5.41 Å². The van der Waals surface area contributed by atoms with Crippen LogP contribution in [0.15, 0.2) is 36.4 Å². The van der Waals surface area contributed by atoms with Crippen LogP contribution in [-0.2, 0) is 14.4 Å². The van der Waals surface area contributed by atoms with Crippen molar-refractivity contribution < 1.29 is 14.4 Å². The lowest BCUT2D eigenvalue weighted by Crippen LogP contribution is -2.42. The van der Waals surface area contributed by atoms with Crippen LogP contribution in [0.1, 0.15) is 84.1 Å². The second-order valence-electron chi connectivity index (χ2n) is 9.57. The third-order valence-electron chi connectivity index (χ3n) is 5.77. The predicted octanol–water partition coefficient (Wildman–Crippen LogP) is 4.61. The Hall–Kier alpha value is -2.96. The van der Waals surface area contributed by atoms with E-state index in [1.165, 1.54) is 6.08 Å². The molecular formula is C28H44N4O3. The Bertz CT molecular complexity index is 821. The number of hydrogen-bond acceptors (Lipinski definition) is 4. The van der Waals surface area contributed by atoms with Gasteiger partial charge < -0.3 is 16.4 Å². The molecule has 0 fully saturated rings. The number of nitrogens with one attached hydrogen (secondary N) is 3. The van der Waals surface area contributed by atoms with Crippen molar-refractivity contribution in [2.24, 2.45) is 17.6 Å². The van der Waals surface area contributed by atoms with Crippen molar-refractivity contribution in [2.75, 3.05) is 6.54 Å². The highest BCUT2D eigenvalue weighted by molar-refractivity contribution is 5.97. The molecule has 0 aliphatic heterocycles. The van der Waals surface area contributed by atoms with Crippen LogP contribution < -0.4 is 16.4 Å². The molecule has 7 heteroatoms. The molecule has 0 aromatic heterocycles. The molecule has 2 atom stereocenters. The van der Waals surface area contributed by atoms with E-state index < -0.39 is 12.0 Å². The molecular weight excluding hydrogens is 440 g/mol. The Morgan fingerprint density at radius 1 is 1.06 bits per heavy atom. The third-order valence-corrected chi connectivity index (χ3v) is 5.77. The molecule has 7 nitrogen and oxygen atoms in total. The zero-order valence-corrected chi connectivity index (χ0v) is 21.6. The summed E-state index contributed by atoms with van der Waals surface area (Å²) in [5.74, 6) is -0.471. The maximum atomic E-state index is 13.2. The highest BCUT2D eigenvalue weighted by atomic mass is 16.2. The molecule has 2 amide bonds. The maximum Gasteiger partial charge on any atom is 0.244 e. The third kappa shape index (κ3) is 14.1. The molecule has 0 bridgehead atoms. The van der Waals surface area contributed by atoms with E-state index in [0.29, 0.717) is 25.8 Å². The number of Topliss-reactive ketones (excluding diaryl/α,β-unsaturated/α-hetero) is 1. The van der Waals surface area contributed by atoms with Gasteiger partial charge in [-0.2, -0.15) is 0 Å². The number of amides is 2. The summed E-state index contributed by atoms with van der Waals surface area (Å²) in [6.45, 7) is 6.67. The van der Waals surface area contributed by atoms with Crippen LogP contribution >= 0.6 is 0 Å². The van der Waals surface area contributed by atoms with Crippen molar-refractivity contribution in [3.8, 4) is 0 Å².